The summed E-state index contributed by atoms with van der Waals surface area (Å²) in [6.45, 7) is 2.83. The molecule has 15 heavy (non-hydrogen) atoms. The number of benzene rings is 1. The monoisotopic (exact) mass is 211 g/mol. The predicted molar refractivity (Wildman–Crippen MR) is 54.5 cm³/mol. The SMILES string of the molecule is Fc1cccc(OCC2CNCCO2)c1. The van der Waals surface area contributed by atoms with E-state index in [4.69, 9.17) is 9.47 Å². The smallest absolute Gasteiger partial charge is 0.126 e. The number of nitrogens with one attached hydrogen (secondary N) is 1. The van der Waals surface area contributed by atoms with Gasteiger partial charge in [0, 0.05) is 19.2 Å². The Balaban J connectivity index is 1.81. The minimum Gasteiger partial charge on any atom is -0.491 e. The molecule has 0 saturated carbocycles. The first-order valence-corrected chi connectivity index (χ1v) is 5.05. The molecule has 0 aromatic heterocycles. The summed E-state index contributed by atoms with van der Waals surface area (Å²) >= 11 is 0. The molecule has 1 aliphatic rings. The normalized spacial score (nSPS) is 21.3. The van der Waals surface area contributed by atoms with E-state index in [0.29, 0.717) is 19.0 Å². The van der Waals surface area contributed by atoms with Crippen molar-refractivity contribution in [1.82, 2.24) is 5.32 Å². The molecule has 1 unspecified atom stereocenters. The minimum atomic E-state index is -0.282. The average Bonchev–Trinajstić information content (AvgIpc) is 2.28. The molecule has 1 aromatic carbocycles. The van der Waals surface area contributed by atoms with E-state index in [0.717, 1.165) is 13.1 Å². The van der Waals surface area contributed by atoms with Gasteiger partial charge in [0.15, 0.2) is 0 Å². The topological polar surface area (TPSA) is 30.5 Å². The fourth-order valence-corrected chi connectivity index (χ4v) is 1.47. The van der Waals surface area contributed by atoms with E-state index in [9.17, 15) is 4.39 Å². The third-order valence-corrected chi connectivity index (χ3v) is 2.24. The fraction of sp³-hybridized carbons (Fsp3) is 0.455. The van der Waals surface area contributed by atoms with Crippen molar-refractivity contribution < 1.29 is 13.9 Å². The van der Waals surface area contributed by atoms with E-state index >= 15 is 0 Å². The van der Waals surface area contributed by atoms with E-state index in [1.54, 1.807) is 12.1 Å². The van der Waals surface area contributed by atoms with Gasteiger partial charge in [0.05, 0.1) is 6.61 Å². The lowest BCUT2D eigenvalue weighted by Crippen LogP contribution is -2.41. The van der Waals surface area contributed by atoms with E-state index in [2.05, 4.69) is 5.32 Å². The molecule has 0 aliphatic carbocycles. The van der Waals surface area contributed by atoms with Gasteiger partial charge in [0.1, 0.15) is 24.3 Å². The van der Waals surface area contributed by atoms with Crippen molar-refractivity contribution in [2.24, 2.45) is 0 Å². The Kier molecular flexibility index (Phi) is 3.53. The molecule has 1 heterocycles. The first kappa shape index (κ1) is 10.4. The second-order valence-electron chi connectivity index (χ2n) is 3.47. The maximum absolute atomic E-state index is 12.8. The number of ether oxygens (including phenoxy) is 2. The molecule has 2 rings (SSSR count). The zero-order chi connectivity index (χ0) is 10.5. The summed E-state index contributed by atoms with van der Waals surface area (Å²) in [7, 11) is 0. The summed E-state index contributed by atoms with van der Waals surface area (Å²) in [5.74, 6) is 0.263. The number of hydrogen-bond acceptors (Lipinski definition) is 3. The maximum atomic E-state index is 12.8. The molecule has 1 atom stereocenters. The summed E-state index contributed by atoms with van der Waals surface area (Å²) < 4.78 is 23.7. The van der Waals surface area contributed by atoms with Gasteiger partial charge in [-0.05, 0) is 12.1 Å². The van der Waals surface area contributed by atoms with Gasteiger partial charge in [0.2, 0.25) is 0 Å². The number of halogens is 1. The molecule has 1 saturated heterocycles. The standard InChI is InChI=1S/C11H14FNO2/c12-9-2-1-3-10(6-9)15-8-11-7-13-4-5-14-11/h1-3,6,11,13H,4-5,7-8H2. The second kappa shape index (κ2) is 5.09. The van der Waals surface area contributed by atoms with E-state index in [-0.39, 0.29) is 11.9 Å². The van der Waals surface area contributed by atoms with Gasteiger partial charge in [-0.3, -0.25) is 0 Å². The zero-order valence-corrected chi connectivity index (χ0v) is 8.41. The minimum absolute atomic E-state index is 0.0574. The van der Waals surface area contributed by atoms with Crippen LogP contribution in [0.4, 0.5) is 4.39 Å². The van der Waals surface area contributed by atoms with E-state index in [1.807, 2.05) is 0 Å². The Bertz CT molecular complexity index is 313. The van der Waals surface area contributed by atoms with Crippen LogP contribution in [0, 0.1) is 5.82 Å². The molecule has 1 aromatic rings. The van der Waals surface area contributed by atoms with Crippen LogP contribution in [0.5, 0.6) is 5.75 Å². The number of morpholine rings is 1. The molecule has 0 radical (unpaired) electrons. The van der Waals surface area contributed by atoms with Crippen molar-refractivity contribution in [2.75, 3.05) is 26.3 Å². The number of rotatable bonds is 3. The van der Waals surface area contributed by atoms with Crippen LogP contribution in [0.25, 0.3) is 0 Å². The second-order valence-corrected chi connectivity index (χ2v) is 3.47. The van der Waals surface area contributed by atoms with Crippen LogP contribution in [0.15, 0.2) is 24.3 Å². The Labute approximate surface area is 88.2 Å². The van der Waals surface area contributed by atoms with E-state index < -0.39 is 0 Å². The average molecular weight is 211 g/mol. The van der Waals surface area contributed by atoms with Gasteiger partial charge in [-0.15, -0.1) is 0 Å². The molecule has 4 heteroatoms. The molecule has 1 aliphatic heterocycles. The Morgan fingerprint density at radius 2 is 2.47 bits per heavy atom. The lowest BCUT2D eigenvalue weighted by atomic mass is 10.3. The summed E-state index contributed by atoms with van der Waals surface area (Å²) in [6.07, 6.45) is 0.0574. The van der Waals surface area contributed by atoms with Crippen molar-refractivity contribution in [3.63, 3.8) is 0 Å². The molecule has 1 N–H and O–H groups in total. The molecule has 0 bridgehead atoms. The quantitative estimate of drug-likeness (QED) is 0.814. The predicted octanol–water partition coefficient (Wildman–Crippen LogP) is 1.19. The Morgan fingerprint density at radius 1 is 1.53 bits per heavy atom. The van der Waals surface area contributed by atoms with Crippen LogP contribution < -0.4 is 10.1 Å². The summed E-state index contributed by atoms with van der Waals surface area (Å²) in [5, 5.41) is 3.20. The van der Waals surface area contributed by atoms with Gasteiger partial charge >= 0.3 is 0 Å². The highest BCUT2D eigenvalue weighted by Gasteiger charge is 2.13. The zero-order valence-electron chi connectivity index (χ0n) is 8.41. The van der Waals surface area contributed by atoms with Crippen molar-refractivity contribution in [1.29, 1.82) is 0 Å². The molecule has 0 amide bonds. The molecule has 0 spiro atoms. The van der Waals surface area contributed by atoms with Crippen LogP contribution in [-0.2, 0) is 4.74 Å². The van der Waals surface area contributed by atoms with Crippen LogP contribution >= 0.6 is 0 Å². The summed E-state index contributed by atoms with van der Waals surface area (Å²) in [5.41, 5.74) is 0. The van der Waals surface area contributed by atoms with Crippen molar-refractivity contribution in [3.8, 4) is 5.75 Å². The molecule has 82 valence electrons. The molecular weight excluding hydrogens is 197 g/mol. The van der Waals surface area contributed by atoms with Crippen LogP contribution in [0.2, 0.25) is 0 Å². The first-order chi connectivity index (χ1) is 7.34. The van der Waals surface area contributed by atoms with Crippen molar-refractivity contribution >= 4 is 0 Å². The van der Waals surface area contributed by atoms with Crippen LogP contribution in [-0.4, -0.2) is 32.4 Å². The number of hydrogen-bond donors (Lipinski definition) is 1. The lowest BCUT2D eigenvalue weighted by Gasteiger charge is -2.23. The van der Waals surface area contributed by atoms with Gasteiger partial charge in [-0.1, -0.05) is 6.07 Å². The molecule has 1 fully saturated rings. The molecule has 3 nitrogen and oxygen atoms in total. The summed E-state index contributed by atoms with van der Waals surface area (Å²) in [6, 6.07) is 6.13. The van der Waals surface area contributed by atoms with Gasteiger partial charge < -0.3 is 14.8 Å². The van der Waals surface area contributed by atoms with Gasteiger partial charge in [0.25, 0.3) is 0 Å². The first-order valence-electron chi connectivity index (χ1n) is 5.05. The van der Waals surface area contributed by atoms with E-state index in [1.165, 1.54) is 12.1 Å². The lowest BCUT2D eigenvalue weighted by molar-refractivity contribution is 0.000137. The largest absolute Gasteiger partial charge is 0.491 e. The van der Waals surface area contributed by atoms with Crippen molar-refractivity contribution in [3.05, 3.63) is 30.1 Å². The summed E-state index contributed by atoms with van der Waals surface area (Å²) in [4.78, 5) is 0. The highest BCUT2D eigenvalue weighted by Crippen LogP contribution is 2.12. The van der Waals surface area contributed by atoms with Crippen LogP contribution in [0.3, 0.4) is 0 Å². The maximum Gasteiger partial charge on any atom is 0.126 e. The van der Waals surface area contributed by atoms with Crippen LogP contribution in [0.1, 0.15) is 0 Å². The highest BCUT2D eigenvalue weighted by molar-refractivity contribution is 5.22. The highest BCUT2D eigenvalue weighted by atomic mass is 19.1. The van der Waals surface area contributed by atoms with Crippen molar-refractivity contribution in [2.45, 2.75) is 6.10 Å². The molecular formula is C11H14FNO2. The Hall–Kier alpha value is -1.13. The third kappa shape index (κ3) is 3.18. The van der Waals surface area contributed by atoms with Gasteiger partial charge in [-0.2, -0.15) is 0 Å². The van der Waals surface area contributed by atoms with Gasteiger partial charge in [-0.25, -0.2) is 4.39 Å². The fourth-order valence-electron chi connectivity index (χ4n) is 1.47. The third-order valence-electron chi connectivity index (χ3n) is 2.24. The Morgan fingerprint density at radius 3 is 3.20 bits per heavy atom.